The normalized spacial score (nSPS) is 32.4. The monoisotopic (exact) mass is 254 g/mol. The van der Waals surface area contributed by atoms with Gasteiger partial charge in [0.2, 0.25) is 5.91 Å². The van der Waals surface area contributed by atoms with Gasteiger partial charge in [-0.2, -0.15) is 0 Å². The molecule has 3 atom stereocenters. The van der Waals surface area contributed by atoms with Gasteiger partial charge in [-0.25, -0.2) is 0 Å². The zero-order valence-electron chi connectivity index (χ0n) is 11.2. The Kier molecular flexibility index (Phi) is 5.45. The van der Waals surface area contributed by atoms with Crippen LogP contribution >= 0.6 is 0 Å². The van der Waals surface area contributed by atoms with E-state index in [4.69, 9.17) is 10.5 Å². The van der Waals surface area contributed by atoms with Gasteiger partial charge in [0.1, 0.15) is 0 Å². The first-order valence-electron chi connectivity index (χ1n) is 7.39. The van der Waals surface area contributed by atoms with E-state index in [2.05, 4.69) is 5.32 Å². The Morgan fingerprint density at radius 2 is 2.06 bits per heavy atom. The van der Waals surface area contributed by atoms with Crippen LogP contribution in [0, 0.1) is 5.92 Å². The minimum Gasteiger partial charge on any atom is -0.378 e. The molecule has 0 aromatic rings. The Morgan fingerprint density at radius 3 is 2.78 bits per heavy atom. The molecule has 2 aliphatic rings. The molecule has 18 heavy (non-hydrogen) atoms. The third kappa shape index (κ3) is 4.25. The minimum absolute atomic E-state index is 0.156. The summed E-state index contributed by atoms with van der Waals surface area (Å²) >= 11 is 0. The highest BCUT2D eigenvalue weighted by atomic mass is 16.5. The van der Waals surface area contributed by atoms with Crippen molar-refractivity contribution >= 4 is 5.91 Å². The van der Waals surface area contributed by atoms with Crippen molar-refractivity contribution < 1.29 is 9.53 Å². The fourth-order valence-electron chi connectivity index (χ4n) is 2.99. The molecule has 1 saturated carbocycles. The molecular formula is C14H26N2O2. The predicted octanol–water partition coefficient (Wildman–Crippen LogP) is 1.58. The number of rotatable bonds is 5. The Bertz CT molecular complexity index is 265. The average Bonchev–Trinajstić information content (AvgIpc) is 2.88. The van der Waals surface area contributed by atoms with Crippen molar-refractivity contribution in [2.24, 2.45) is 11.7 Å². The van der Waals surface area contributed by atoms with Gasteiger partial charge in [-0.3, -0.25) is 4.79 Å². The largest absolute Gasteiger partial charge is 0.378 e. The van der Waals surface area contributed by atoms with Crippen molar-refractivity contribution in [3.63, 3.8) is 0 Å². The molecule has 3 N–H and O–H groups in total. The average molecular weight is 254 g/mol. The number of carbonyl (C=O) groups excluding carboxylic acids is 1. The van der Waals surface area contributed by atoms with E-state index in [9.17, 15) is 4.79 Å². The molecule has 0 aromatic carbocycles. The van der Waals surface area contributed by atoms with Crippen LogP contribution in [-0.2, 0) is 9.53 Å². The van der Waals surface area contributed by atoms with Crippen LogP contribution in [0.2, 0.25) is 0 Å². The molecule has 1 saturated heterocycles. The van der Waals surface area contributed by atoms with Gasteiger partial charge in [0.05, 0.1) is 6.10 Å². The molecule has 2 rings (SSSR count). The van der Waals surface area contributed by atoms with Gasteiger partial charge in [0.15, 0.2) is 0 Å². The molecule has 0 bridgehead atoms. The maximum absolute atomic E-state index is 11.7. The molecule has 2 fully saturated rings. The van der Waals surface area contributed by atoms with Gasteiger partial charge in [0, 0.05) is 25.6 Å². The Morgan fingerprint density at radius 1 is 1.22 bits per heavy atom. The summed E-state index contributed by atoms with van der Waals surface area (Å²) in [5, 5.41) is 3.03. The first-order valence-corrected chi connectivity index (χ1v) is 7.39. The SMILES string of the molecule is NC1CCCCC1CNC(=O)CCC1CCCO1. The second kappa shape index (κ2) is 7.10. The van der Waals surface area contributed by atoms with Crippen LogP contribution in [0.15, 0.2) is 0 Å². The molecular weight excluding hydrogens is 228 g/mol. The van der Waals surface area contributed by atoms with Crippen molar-refractivity contribution in [1.29, 1.82) is 0 Å². The summed E-state index contributed by atoms with van der Waals surface area (Å²) in [4.78, 5) is 11.7. The number of hydrogen-bond acceptors (Lipinski definition) is 3. The van der Waals surface area contributed by atoms with Crippen LogP contribution in [0.3, 0.4) is 0 Å². The lowest BCUT2D eigenvalue weighted by molar-refractivity contribution is -0.121. The van der Waals surface area contributed by atoms with Crippen LogP contribution in [-0.4, -0.2) is 31.2 Å². The Balaban J connectivity index is 1.58. The topological polar surface area (TPSA) is 64.3 Å². The Labute approximate surface area is 110 Å². The second-order valence-electron chi connectivity index (χ2n) is 5.69. The van der Waals surface area contributed by atoms with Gasteiger partial charge in [0.25, 0.3) is 0 Å². The molecule has 104 valence electrons. The molecule has 0 aromatic heterocycles. The molecule has 1 aliphatic heterocycles. The summed E-state index contributed by atoms with van der Waals surface area (Å²) in [7, 11) is 0. The summed E-state index contributed by atoms with van der Waals surface area (Å²) < 4.78 is 5.51. The van der Waals surface area contributed by atoms with Crippen molar-refractivity contribution in [3.05, 3.63) is 0 Å². The van der Waals surface area contributed by atoms with Crippen LogP contribution in [0.1, 0.15) is 51.4 Å². The molecule has 1 amide bonds. The van der Waals surface area contributed by atoms with E-state index in [0.717, 1.165) is 45.3 Å². The third-order valence-corrected chi connectivity index (χ3v) is 4.25. The molecule has 4 heteroatoms. The number of nitrogens with one attached hydrogen (secondary N) is 1. The van der Waals surface area contributed by atoms with Gasteiger partial charge < -0.3 is 15.8 Å². The van der Waals surface area contributed by atoms with Gasteiger partial charge in [-0.15, -0.1) is 0 Å². The maximum atomic E-state index is 11.7. The van der Waals surface area contributed by atoms with E-state index >= 15 is 0 Å². The van der Waals surface area contributed by atoms with Crippen molar-refractivity contribution in [2.45, 2.75) is 63.5 Å². The smallest absolute Gasteiger partial charge is 0.220 e. The molecule has 0 spiro atoms. The standard InChI is InChI=1S/C14H26N2O2/c15-13-6-2-1-4-11(13)10-16-14(17)8-7-12-5-3-9-18-12/h11-13H,1-10,15H2,(H,16,17). The lowest BCUT2D eigenvalue weighted by atomic mass is 9.85. The number of carbonyl (C=O) groups is 1. The first-order chi connectivity index (χ1) is 8.75. The van der Waals surface area contributed by atoms with Crippen LogP contribution in [0.4, 0.5) is 0 Å². The molecule has 0 radical (unpaired) electrons. The second-order valence-corrected chi connectivity index (χ2v) is 5.69. The molecule has 1 heterocycles. The van der Waals surface area contributed by atoms with Crippen molar-refractivity contribution in [2.75, 3.05) is 13.2 Å². The number of ether oxygens (including phenoxy) is 1. The zero-order chi connectivity index (χ0) is 12.8. The third-order valence-electron chi connectivity index (χ3n) is 4.25. The van der Waals surface area contributed by atoms with Gasteiger partial charge in [-0.05, 0) is 38.0 Å². The van der Waals surface area contributed by atoms with E-state index in [1.807, 2.05) is 0 Å². The van der Waals surface area contributed by atoms with E-state index in [-0.39, 0.29) is 11.9 Å². The fraction of sp³-hybridized carbons (Fsp3) is 0.929. The van der Waals surface area contributed by atoms with E-state index in [0.29, 0.717) is 18.4 Å². The number of nitrogens with two attached hydrogens (primary N) is 1. The number of amides is 1. The highest BCUT2D eigenvalue weighted by molar-refractivity contribution is 5.75. The van der Waals surface area contributed by atoms with Gasteiger partial charge >= 0.3 is 0 Å². The quantitative estimate of drug-likeness (QED) is 0.783. The fourth-order valence-corrected chi connectivity index (χ4v) is 2.99. The summed E-state index contributed by atoms with van der Waals surface area (Å²) in [6, 6.07) is 0.275. The van der Waals surface area contributed by atoms with Crippen LogP contribution in [0.5, 0.6) is 0 Å². The maximum Gasteiger partial charge on any atom is 0.220 e. The Hall–Kier alpha value is -0.610. The summed E-state index contributed by atoms with van der Waals surface area (Å²) in [6.07, 6.45) is 8.78. The van der Waals surface area contributed by atoms with E-state index in [1.54, 1.807) is 0 Å². The summed E-state index contributed by atoms with van der Waals surface area (Å²) in [5.41, 5.74) is 6.07. The first kappa shape index (κ1) is 13.8. The molecule has 3 unspecified atom stereocenters. The number of hydrogen-bond donors (Lipinski definition) is 2. The van der Waals surface area contributed by atoms with Crippen molar-refractivity contribution in [3.8, 4) is 0 Å². The van der Waals surface area contributed by atoms with Crippen LogP contribution in [0.25, 0.3) is 0 Å². The zero-order valence-corrected chi connectivity index (χ0v) is 11.2. The highest BCUT2D eigenvalue weighted by Crippen LogP contribution is 2.22. The van der Waals surface area contributed by atoms with Gasteiger partial charge in [-0.1, -0.05) is 12.8 Å². The van der Waals surface area contributed by atoms with Crippen molar-refractivity contribution in [1.82, 2.24) is 5.32 Å². The van der Waals surface area contributed by atoms with E-state index in [1.165, 1.54) is 12.8 Å². The molecule has 4 nitrogen and oxygen atoms in total. The minimum atomic E-state index is 0.156. The highest BCUT2D eigenvalue weighted by Gasteiger charge is 2.22. The lowest BCUT2D eigenvalue weighted by Crippen LogP contribution is -2.41. The summed E-state index contributed by atoms with van der Waals surface area (Å²) in [6.45, 7) is 1.62. The molecule has 1 aliphatic carbocycles. The lowest BCUT2D eigenvalue weighted by Gasteiger charge is -2.28. The van der Waals surface area contributed by atoms with Crippen LogP contribution < -0.4 is 11.1 Å². The van der Waals surface area contributed by atoms with E-state index < -0.39 is 0 Å². The summed E-state index contributed by atoms with van der Waals surface area (Å²) in [5.74, 6) is 0.633. The predicted molar refractivity (Wildman–Crippen MR) is 71.2 cm³/mol.